The van der Waals surface area contributed by atoms with Crippen molar-refractivity contribution in [3.05, 3.63) is 23.2 Å². The van der Waals surface area contributed by atoms with Crippen LogP contribution in [0.25, 0.3) is 0 Å². The molecule has 1 aromatic rings. The fraction of sp³-hybridized carbons (Fsp3) is 0.143. The SMILES string of the molecule is Cc1oc(/C=N/O)cc1C(=O)O. The van der Waals surface area contributed by atoms with Crippen LogP contribution < -0.4 is 0 Å². The van der Waals surface area contributed by atoms with Crippen molar-refractivity contribution >= 4 is 12.2 Å². The number of hydrogen-bond donors (Lipinski definition) is 2. The minimum atomic E-state index is -1.06. The van der Waals surface area contributed by atoms with Gasteiger partial charge in [-0.1, -0.05) is 5.16 Å². The predicted molar refractivity (Wildman–Crippen MR) is 39.8 cm³/mol. The lowest BCUT2D eigenvalue weighted by molar-refractivity contribution is 0.0695. The van der Waals surface area contributed by atoms with Crippen LogP contribution >= 0.6 is 0 Å². The maximum absolute atomic E-state index is 10.5. The molecule has 0 aromatic carbocycles. The molecule has 0 atom stereocenters. The summed E-state index contributed by atoms with van der Waals surface area (Å²) in [6.45, 7) is 1.53. The highest BCUT2D eigenvalue weighted by Gasteiger charge is 2.12. The van der Waals surface area contributed by atoms with E-state index in [0.717, 1.165) is 6.21 Å². The largest absolute Gasteiger partial charge is 0.478 e. The Balaban J connectivity index is 3.08. The molecule has 2 N–H and O–H groups in total. The number of nitrogens with zero attached hydrogens (tertiary/aromatic N) is 1. The van der Waals surface area contributed by atoms with Crippen molar-refractivity contribution in [2.75, 3.05) is 0 Å². The first-order valence-electron chi connectivity index (χ1n) is 3.16. The molecule has 0 bridgehead atoms. The van der Waals surface area contributed by atoms with Gasteiger partial charge in [0.15, 0.2) is 0 Å². The van der Waals surface area contributed by atoms with Gasteiger partial charge in [0.05, 0.1) is 0 Å². The Kier molecular flexibility index (Phi) is 2.14. The number of carbonyl (C=O) groups is 1. The van der Waals surface area contributed by atoms with Crippen molar-refractivity contribution in [2.24, 2.45) is 5.16 Å². The second-order valence-electron chi connectivity index (χ2n) is 2.17. The predicted octanol–water partition coefficient (Wildman–Crippen LogP) is 1.09. The van der Waals surface area contributed by atoms with Crippen LogP contribution in [0.2, 0.25) is 0 Å². The normalized spacial score (nSPS) is 10.8. The second kappa shape index (κ2) is 3.08. The van der Waals surface area contributed by atoms with Gasteiger partial charge in [-0.05, 0) is 6.92 Å². The number of furan rings is 1. The highest BCUT2D eigenvalue weighted by Crippen LogP contribution is 2.12. The van der Waals surface area contributed by atoms with E-state index in [1.165, 1.54) is 13.0 Å². The monoisotopic (exact) mass is 169 g/mol. The van der Waals surface area contributed by atoms with Crippen molar-refractivity contribution in [3.8, 4) is 0 Å². The lowest BCUT2D eigenvalue weighted by Gasteiger charge is -1.85. The lowest BCUT2D eigenvalue weighted by atomic mass is 10.2. The van der Waals surface area contributed by atoms with Crippen molar-refractivity contribution in [2.45, 2.75) is 6.92 Å². The van der Waals surface area contributed by atoms with Gasteiger partial charge in [-0.3, -0.25) is 0 Å². The van der Waals surface area contributed by atoms with E-state index in [9.17, 15) is 4.79 Å². The molecule has 1 rings (SSSR count). The Bertz CT molecular complexity index is 326. The van der Waals surface area contributed by atoms with Gasteiger partial charge >= 0.3 is 5.97 Å². The second-order valence-corrected chi connectivity index (χ2v) is 2.17. The van der Waals surface area contributed by atoms with Gasteiger partial charge in [-0.15, -0.1) is 0 Å². The average Bonchev–Trinajstić information content (AvgIpc) is 2.32. The lowest BCUT2D eigenvalue weighted by Crippen LogP contribution is -1.94. The van der Waals surface area contributed by atoms with E-state index in [0.29, 0.717) is 0 Å². The molecular formula is C7H7NO4. The molecule has 0 spiro atoms. The number of oxime groups is 1. The first-order valence-corrected chi connectivity index (χ1v) is 3.16. The van der Waals surface area contributed by atoms with Crippen molar-refractivity contribution < 1.29 is 19.5 Å². The van der Waals surface area contributed by atoms with Crippen molar-refractivity contribution in [3.63, 3.8) is 0 Å². The summed E-state index contributed by atoms with van der Waals surface area (Å²) in [4.78, 5) is 10.5. The third-order valence-corrected chi connectivity index (χ3v) is 1.35. The Morgan fingerprint density at radius 2 is 2.42 bits per heavy atom. The maximum Gasteiger partial charge on any atom is 0.339 e. The minimum Gasteiger partial charge on any atom is -0.478 e. The van der Waals surface area contributed by atoms with Crippen LogP contribution in [0.5, 0.6) is 0 Å². The summed E-state index contributed by atoms with van der Waals surface area (Å²) in [6.07, 6.45) is 1.03. The number of aromatic carboxylic acids is 1. The van der Waals surface area contributed by atoms with Gasteiger partial charge in [0.25, 0.3) is 0 Å². The Morgan fingerprint density at radius 1 is 1.75 bits per heavy atom. The summed E-state index contributed by atoms with van der Waals surface area (Å²) in [5.41, 5.74) is 0.0740. The summed E-state index contributed by atoms with van der Waals surface area (Å²) < 4.78 is 4.93. The number of carboxylic acid groups (broad SMARTS) is 1. The fourth-order valence-corrected chi connectivity index (χ4v) is 0.838. The zero-order chi connectivity index (χ0) is 9.14. The van der Waals surface area contributed by atoms with Gasteiger partial charge in [-0.25, -0.2) is 4.79 Å². The van der Waals surface area contributed by atoms with Crippen LogP contribution in [0.4, 0.5) is 0 Å². The van der Waals surface area contributed by atoms with E-state index in [4.69, 9.17) is 14.7 Å². The van der Waals surface area contributed by atoms with Crippen LogP contribution in [0, 0.1) is 6.92 Å². The number of carboxylic acids is 1. The molecule has 0 fully saturated rings. The molecule has 1 aromatic heterocycles. The van der Waals surface area contributed by atoms with Gasteiger partial charge in [0, 0.05) is 6.07 Å². The number of hydrogen-bond acceptors (Lipinski definition) is 4. The highest BCUT2D eigenvalue weighted by molar-refractivity contribution is 5.91. The molecule has 1 heterocycles. The standard InChI is InChI=1S/C7H7NO4/c1-4-6(7(9)10)2-5(12-4)3-8-11/h2-3,11H,1H3,(H,9,10)/b8-3+. The molecule has 12 heavy (non-hydrogen) atoms. The van der Waals surface area contributed by atoms with E-state index in [1.54, 1.807) is 0 Å². The summed E-state index contributed by atoms with van der Waals surface area (Å²) in [5.74, 6) is -0.557. The molecule has 0 aliphatic heterocycles. The first-order chi connectivity index (χ1) is 5.65. The summed E-state index contributed by atoms with van der Waals surface area (Å²) in [6, 6.07) is 1.29. The number of rotatable bonds is 2. The third kappa shape index (κ3) is 1.45. The van der Waals surface area contributed by atoms with E-state index < -0.39 is 5.97 Å². The summed E-state index contributed by atoms with van der Waals surface area (Å²) in [5, 5.41) is 19.4. The molecule has 64 valence electrons. The van der Waals surface area contributed by atoms with Crippen LogP contribution in [-0.2, 0) is 0 Å². The molecule has 0 saturated heterocycles. The Labute approximate surface area is 67.9 Å². The Morgan fingerprint density at radius 3 is 2.83 bits per heavy atom. The van der Waals surface area contributed by atoms with E-state index in [1.807, 2.05) is 0 Å². The smallest absolute Gasteiger partial charge is 0.339 e. The zero-order valence-corrected chi connectivity index (χ0v) is 6.31. The summed E-state index contributed by atoms with van der Waals surface area (Å²) >= 11 is 0. The molecule has 0 aliphatic carbocycles. The summed E-state index contributed by atoms with van der Waals surface area (Å²) in [7, 11) is 0. The molecular weight excluding hydrogens is 162 g/mol. The van der Waals surface area contributed by atoms with Crippen LogP contribution in [0.1, 0.15) is 21.9 Å². The van der Waals surface area contributed by atoms with Gasteiger partial charge in [0.1, 0.15) is 23.3 Å². The van der Waals surface area contributed by atoms with Crippen LogP contribution in [0.3, 0.4) is 0 Å². The molecule has 0 unspecified atom stereocenters. The molecule has 0 radical (unpaired) electrons. The highest BCUT2D eigenvalue weighted by atomic mass is 16.4. The zero-order valence-electron chi connectivity index (χ0n) is 6.31. The Hall–Kier alpha value is -1.78. The van der Waals surface area contributed by atoms with E-state index in [2.05, 4.69) is 5.16 Å². The molecule has 0 saturated carbocycles. The fourth-order valence-electron chi connectivity index (χ4n) is 0.838. The quantitative estimate of drug-likeness (QED) is 0.394. The maximum atomic E-state index is 10.5. The topological polar surface area (TPSA) is 83.0 Å². The first kappa shape index (κ1) is 8.32. The van der Waals surface area contributed by atoms with Gasteiger partial charge < -0.3 is 14.7 Å². The van der Waals surface area contributed by atoms with E-state index in [-0.39, 0.29) is 17.1 Å². The van der Waals surface area contributed by atoms with Crippen LogP contribution in [0.15, 0.2) is 15.6 Å². The van der Waals surface area contributed by atoms with Gasteiger partial charge in [0.2, 0.25) is 0 Å². The van der Waals surface area contributed by atoms with E-state index >= 15 is 0 Å². The van der Waals surface area contributed by atoms with Crippen LogP contribution in [-0.4, -0.2) is 22.5 Å². The average molecular weight is 169 g/mol. The molecule has 0 amide bonds. The number of aryl methyl sites for hydroxylation is 1. The molecule has 5 nitrogen and oxygen atoms in total. The third-order valence-electron chi connectivity index (χ3n) is 1.35. The molecule has 0 aliphatic rings. The van der Waals surface area contributed by atoms with Crippen molar-refractivity contribution in [1.82, 2.24) is 0 Å². The van der Waals surface area contributed by atoms with Crippen molar-refractivity contribution in [1.29, 1.82) is 0 Å². The minimum absolute atomic E-state index is 0.0740. The van der Waals surface area contributed by atoms with Gasteiger partial charge in [-0.2, -0.15) is 0 Å². The molecule has 5 heteroatoms.